The fraction of sp³-hybridized carbons (Fsp3) is 0. The Kier molecular flexibility index (Phi) is 7.95. The van der Waals surface area contributed by atoms with Crippen molar-refractivity contribution in [3.63, 3.8) is 0 Å². The molecule has 0 fully saturated rings. The summed E-state index contributed by atoms with van der Waals surface area (Å²) in [6, 6.07) is 70.7. The third kappa shape index (κ3) is 5.65. The molecule has 11 aromatic carbocycles. The molecule has 0 saturated heterocycles. The first kappa shape index (κ1) is 36.6. The van der Waals surface area contributed by atoms with Gasteiger partial charge in [0.1, 0.15) is 0 Å². The Hall–Kier alpha value is -8.86. The molecule has 0 N–H and O–H groups in total. The van der Waals surface area contributed by atoms with Crippen LogP contribution in [-0.4, -0.2) is 19.9 Å². The highest BCUT2D eigenvalue weighted by molar-refractivity contribution is 6.28. The molecular formula is C62H36N4. The monoisotopic (exact) mass is 836 g/mol. The summed E-state index contributed by atoms with van der Waals surface area (Å²) in [5, 5.41) is 16.0. The number of fused-ring (bicyclic) bond motifs is 1. The van der Waals surface area contributed by atoms with Gasteiger partial charge in [0.2, 0.25) is 0 Å². The van der Waals surface area contributed by atoms with Crippen LogP contribution in [0.4, 0.5) is 0 Å². The van der Waals surface area contributed by atoms with E-state index in [1.165, 1.54) is 70.2 Å². The summed E-state index contributed by atoms with van der Waals surface area (Å²) in [6.45, 7) is 0. The van der Waals surface area contributed by atoms with Gasteiger partial charge in [-0.2, -0.15) is 0 Å². The van der Waals surface area contributed by atoms with Crippen LogP contribution in [0.25, 0.3) is 143 Å². The highest BCUT2D eigenvalue weighted by atomic mass is 14.9. The number of pyridine rings is 2. The fourth-order valence-corrected chi connectivity index (χ4v) is 10.6. The van der Waals surface area contributed by atoms with Gasteiger partial charge < -0.3 is 0 Å². The Morgan fingerprint density at radius 3 is 1.29 bits per heavy atom. The summed E-state index contributed by atoms with van der Waals surface area (Å²) in [5.74, 6) is 0.668. The van der Waals surface area contributed by atoms with E-state index in [4.69, 9.17) is 9.97 Å². The standard InChI is InChI=1S/C62H36N4/c1-5-39-15-17-43-23-27-50(52-29-25-41(7-1)56(39)58(43)52)49-33-54(51-28-24-44-18-16-40-6-2-8-42-26-30-53(51)59(44)57(40)42)61-55(34-49)60(45-19-11-37(12-20-45)47-9-3-31-63-35-47)65-62(66-61)46-21-13-38(14-22-46)48-10-4-32-64-36-48/h1-36H. The Morgan fingerprint density at radius 1 is 0.273 bits per heavy atom. The molecule has 0 spiro atoms. The number of aromatic nitrogens is 4. The summed E-state index contributed by atoms with van der Waals surface area (Å²) in [5.41, 5.74) is 12.5. The van der Waals surface area contributed by atoms with Crippen LogP contribution in [0.3, 0.4) is 0 Å². The molecule has 14 rings (SSSR count). The number of hydrogen-bond donors (Lipinski definition) is 0. The normalized spacial score (nSPS) is 11.9. The lowest BCUT2D eigenvalue weighted by Crippen LogP contribution is -1.99. The largest absolute Gasteiger partial charge is 0.264 e. The zero-order chi connectivity index (χ0) is 43.3. The first-order chi connectivity index (χ1) is 32.7. The third-order valence-corrected chi connectivity index (χ3v) is 13.8. The summed E-state index contributed by atoms with van der Waals surface area (Å²) in [7, 11) is 0. The minimum atomic E-state index is 0.668. The Morgan fingerprint density at radius 2 is 0.742 bits per heavy atom. The second kappa shape index (κ2) is 14.3. The minimum absolute atomic E-state index is 0.668. The van der Waals surface area contributed by atoms with E-state index in [-0.39, 0.29) is 0 Å². The molecule has 66 heavy (non-hydrogen) atoms. The predicted octanol–water partition coefficient (Wildman–Crippen LogP) is 16.2. The summed E-state index contributed by atoms with van der Waals surface area (Å²) >= 11 is 0. The van der Waals surface area contributed by atoms with Crippen molar-refractivity contribution in [2.45, 2.75) is 0 Å². The van der Waals surface area contributed by atoms with E-state index in [9.17, 15) is 0 Å². The van der Waals surface area contributed by atoms with Gasteiger partial charge in [0.15, 0.2) is 5.82 Å². The summed E-state index contributed by atoms with van der Waals surface area (Å²) < 4.78 is 0. The van der Waals surface area contributed by atoms with Crippen LogP contribution >= 0.6 is 0 Å². The molecule has 4 heteroatoms. The third-order valence-electron chi connectivity index (χ3n) is 13.8. The Labute approximate surface area is 379 Å². The molecule has 0 aliphatic rings. The molecule has 0 bridgehead atoms. The van der Waals surface area contributed by atoms with Crippen molar-refractivity contribution in [3.8, 4) is 67.2 Å². The van der Waals surface area contributed by atoms with Crippen molar-refractivity contribution in [2.75, 3.05) is 0 Å². The maximum absolute atomic E-state index is 5.62. The Bertz CT molecular complexity index is 4150. The van der Waals surface area contributed by atoms with Gasteiger partial charge in [-0.05, 0) is 128 Å². The van der Waals surface area contributed by atoms with Crippen LogP contribution in [0.15, 0.2) is 219 Å². The van der Waals surface area contributed by atoms with Gasteiger partial charge in [-0.3, -0.25) is 9.97 Å². The zero-order valence-electron chi connectivity index (χ0n) is 35.6. The molecule has 0 saturated carbocycles. The first-order valence-corrected chi connectivity index (χ1v) is 22.4. The van der Waals surface area contributed by atoms with Crippen LogP contribution in [0, 0.1) is 0 Å². The molecule has 0 amide bonds. The minimum Gasteiger partial charge on any atom is -0.264 e. The molecule has 0 aliphatic carbocycles. The van der Waals surface area contributed by atoms with Crippen molar-refractivity contribution in [1.29, 1.82) is 0 Å². The quantitative estimate of drug-likeness (QED) is 0.157. The lowest BCUT2D eigenvalue weighted by atomic mass is 9.86. The fourth-order valence-electron chi connectivity index (χ4n) is 10.6. The molecule has 0 atom stereocenters. The maximum atomic E-state index is 5.62. The molecule has 0 unspecified atom stereocenters. The van der Waals surface area contributed by atoms with Crippen LogP contribution in [0.5, 0.6) is 0 Å². The van der Waals surface area contributed by atoms with Crippen molar-refractivity contribution >= 4 is 75.5 Å². The van der Waals surface area contributed by atoms with E-state index in [0.29, 0.717) is 5.82 Å². The van der Waals surface area contributed by atoms with Gasteiger partial charge >= 0.3 is 0 Å². The van der Waals surface area contributed by atoms with Crippen LogP contribution in [-0.2, 0) is 0 Å². The van der Waals surface area contributed by atoms with E-state index in [2.05, 4.69) is 192 Å². The van der Waals surface area contributed by atoms with E-state index in [1.54, 1.807) is 6.20 Å². The molecule has 0 aliphatic heterocycles. The maximum Gasteiger partial charge on any atom is 0.160 e. The second-order valence-corrected chi connectivity index (χ2v) is 17.4. The highest BCUT2D eigenvalue weighted by Gasteiger charge is 2.22. The lowest BCUT2D eigenvalue weighted by molar-refractivity contribution is 1.23. The molecule has 304 valence electrons. The molecule has 4 nitrogen and oxygen atoms in total. The van der Waals surface area contributed by atoms with Crippen molar-refractivity contribution in [1.82, 2.24) is 19.9 Å². The topological polar surface area (TPSA) is 51.6 Å². The molecule has 3 heterocycles. The average molecular weight is 837 g/mol. The number of nitrogens with zero attached hydrogens (tertiary/aromatic N) is 4. The van der Waals surface area contributed by atoms with Crippen molar-refractivity contribution < 1.29 is 0 Å². The van der Waals surface area contributed by atoms with Gasteiger partial charge in [-0.1, -0.05) is 170 Å². The van der Waals surface area contributed by atoms with Crippen LogP contribution < -0.4 is 0 Å². The average Bonchev–Trinajstić information content (AvgIpc) is 3.39. The van der Waals surface area contributed by atoms with E-state index in [1.807, 2.05) is 30.7 Å². The predicted molar refractivity (Wildman–Crippen MR) is 275 cm³/mol. The summed E-state index contributed by atoms with van der Waals surface area (Å²) in [4.78, 5) is 19.9. The smallest absolute Gasteiger partial charge is 0.160 e. The zero-order valence-corrected chi connectivity index (χ0v) is 35.6. The highest BCUT2D eigenvalue weighted by Crippen LogP contribution is 2.46. The molecule has 14 aromatic rings. The molecule has 0 radical (unpaired) electrons. The van der Waals surface area contributed by atoms with Gasteiger partial charge in [-0.15, -0.1) is 0 Å². The van der Waals surface area contributed by atoms with E-state index >= 15 is 0 Å². The van der Waals surface area contributed by atoms with Crippen molar-refractivity contribution in [2.24, 2.45) is 0 Å². The van der Waals surface area contributed by atoms with E-state index in [0.717, 1.165) is 66.7 Å². The van der Waals surface area contributed by atoms with Crippen molar-refractivity contribution in [3.05, 3.63) is 219 Å². The summed E-state index contributed by atoms with van der Waals surface area (Å²) in [6.07, 6.45) is 7.43. The first-order valence-electron chi connectivity index (χ1n) is 22.4. The van der Waals surface area contributed by atoms with Gasteiger partial charge in [0.05, 0.1) is 11.2 Å². The van der Waals surface area contributed by atoms with Gasteiger partial charge in [-0.25, -0.2) is 9.97 Å². The SMILES string of the molecule is c1cncc(-c2ccc(-c3nc(-c4ccc(-c5cccnc5)cc4)c4cc(-c5ccc6ccc7cccc8ccc5c6c78)cc(-c5ccc6ccc7cccc8ccc5c6c78)c4n3)cc2)c1. The molecule has 3 aromatic heterocycles. The Balaban J connectivity index is 1.08. The van der Waals surface area contributed by atoms with Crippen LogP contribution in [0.1, 0.15) is 0 Å². The number of rotatable bonds is 6. The van der Waals surface area contributed by atoms with Crippen LogP contribution in [0.2, 0.25) is 0 Å². The van der Waals surface area contributed by atoms with Gasteiger partial charge in [0, 0.05) is 46.9 Å². The lowest BCUT2D eigenvalue weighted by Gasteiger charge is -2.19. The molecular weight excluding hydrogens is 801 g/mol. The second-order valence-electron chi connectivity index (χ2n) is 17.4. The number of benzene rings is 11. The van der Waals surface area contributed by atoms with Gasteiger partial charge in [0.25, 0.3) is 0 Å². The van der Waals surface area contributed by atoms with E-state index < -0.39 is 0 Å². The number of hydrogen-bond acceptors (Lipinski definition) is 4.